The maximum Gasteiger partial charge on any atom is 0.362 e. The third-order valence-corrected chi connectivity index (χ3v) is 3.01. The van der Waals surface area contributed by atoms with Gasteiger partial charge in [-0.2, -0.15) is 9.61 Å². The summed E-state index contributed by atoms with van der Waals surface area (Å²) in [6.45, 7) is 1.95. The number of carbonyl (C=O) groups excluding carboxylic acids is 1. The van der Waals surface area contributed by atoms with E-state index in [0.29, 0.717) is 5.65 Å². The fourth-order valence-electron chi connectivity index (χ4n) is 2.03. The van der Waals surface area contributed by atoms with E-state index in [1.54, 1.807) is 13.1 Å². The lowest BCUT2D eigenvalue weighted by Crippen LogP contribution is -2.15. The van der Waals surface area contributed by atoms with E-state index in [9.17, 15) is 4.79 Å². The van der Waals surface area contributed by atoms with E-state index in [1.807, 2.05) is 30.3 Å². The molecule has 0 aliphatic carbocycles. The summed E-state index contributed by atoms with van der Waals surface area (Å²) in [5.41, 5.74) is 8.14. The summed E-state index contributed by atoms with van der Waals surface area (Å²) in [5.74, 6) is -0.498. The van der Waals surface area contributed by atoms with Crippen molar-refractivity contribution in [1.29, 1.82) is 0 Å². The van der Waals surface area contributed by atoms with Crippen molar-refractivity contribution < 1.29 is 9.53 Å². The smallest absolute Gasteiger partial charge is 0.362 e. The molecule has 0 bridgehead atoms. The molecule has 0 saturated heterocycles. The molecule has 106 valence electrons. The van der Waals surface area contributed by atoms with Gasteiger partial charge in [0.15, 0.2) is 11.5 Å². The van der Waals surface area contributed by atoms with Crippen LogP contribution in [0.1, 0.15) is 17.4 Å². The van der Waals surface area contributed by atoms with Gasteiger partial charge in [0, 0.05) is 5.56 Å². The predicted octanol–water partition coefficient (Wildman–Crippen LogP) is 1.55. The molecule has 3 aromatic rings. The van der Waals surface area contributed by atoms with Gasteiger partial charge in [0.05, 0.1) is 12.8 Å². The highest BCUT2D eigenvalue weighted by Gasteiger charge is 2.19. The Kier molecular flexibility index (Phi) is 3.23. The van der Waals surface area contributed by atoms with Gasteiger partial charge in [0.2, 0.25) is 5.69 Å². The average molecular weight is 283 g/mol. The summed E-state index contributed by atoms with van der Waals surface area (Å²) < 4.78 is 6.28. The molecule has 0 spiro atoms. The lowest BCUT2D eigenvalue weighted by molar-refractivity contribution is 0.0519. The number of carbonyl (C=O) groups is 1. The Morgan fingerprint density at radius 1 is 1.29 bits per heavy atom. The largest absolute Gasteiger partial charge is 0.461 e. The van der Waals surface area contributed by atoms with E-state index in [2.05, 4.69) is 15.3 Å². The number of nitrogens with two attached hydrogens (primary N) is 1. The minimum atomic E-state index is -0.610. The minimum Gasteiger partial charge on any atom is -0.461 e. The highest BCUT2D eigenvalue weighted by atomic mass is 16.5. The van der Waals surface area contributed by atoms with Crippen LogP contribution >= 0.6 is 0 Å². The number of hydrogen-bond acceptors (Lipinski definition) is 6. The number of hydrogen-bond donors (Lipinski definition) is 1. The standard InChI is InChI=1S/C14H13N5O2/c1-2-21-14(20)11-12(15)19-13(18-17-11)10(8-16-19)9-6-4-3-5-7-9/h3-8H,2,15H2,1H3. The first kappa shape index (κ1) is 13.0. The Bertz CT molecular complexity index is 798. The molecule has 7 nitrogen and oxygen atoms in total. The first-order valence-electron chi connectivity index (χ1n) is 6.44. The molecule has 2 N–H and O–H groups in total. The topological polar surface area (TPSA) is 95.4 Å². The number of ether oxygens (including phenoxy) is 1. The molecule has 0 aliphatic heterocycles. The number of fused-ring (bicyclic) bond motifs is 1. The van der Waals surface area contributed by atoms with E-state index >= 15 is 0 Å². The Morgan fingerprint density at radius 3 is 2.76 bits per heavy atom. The van der Waals surface area contributed by atoms with Crippen LogP contribution in [0.2, 0.25) is 0 Å². The fourth-order valence-corrected chi connectivity index (χ4v) is 2.03. The van der Waals surface area contributed by atoms with Crippen molar-refractivity contribution >= 4 is 17.4 Å². The lowest BCUT2D eigenvalue weighted by atomic mass is 10.1. The van der Waals surface area contributed by atoms with Crippen LogP contribution in [-0.4, -0.2) is 32.4 Å². The van der Waals surface area contributed by atoms with Crippen molar-refractivity contribution in [1.82, 2.24) is 19.8 Å². The van der Waals surface area contributed by atoms with Gasteiger partial charge >= 0.3 is 5.97 Å². The second-order valence-corrected chi connectivity index (χ2v) is 4.31. The van der Waals surface area contributed by atoms with Gasteiger partial charge in [-0.15, -0.1) is 10.2 Å². The van der Waals surface area contributed by atoms with Crippen LogP contribution in [0.3, 0.4) is 0 Å². The van der Waals surface area contributed by atoms with Crippen LogP contribution in [-0.2, 0) is 4.74 Å². The highest BCUT2D eigenvalue weighted by Crippen LogP contribution is 2.24. The number of nitrogen functional groups attached to an aromatic ring is 1. The molecule has 0 saturated carbocycles. The van der Waals surface area contributed by atoms with Crippen LogP contribution in [0.5, 0.6) is 0 Å². The fraction of sp³-hybridized carbons (Fsp3) is 0.143. The van der Waals surface area contributed by atoms with Crippen molar-refractivity contribution in [3.63, 3.8) is 0 Å². The molecule has 3 rings (SSSR count). The number of aromatic nitrogens is 4. The molecular formula is C14H13N5O2. The number of rotatable bonds is 3. The SMILES string of the molecule is CCOC(=O)c1nnc2c(-c3ccccc3)cnn2c1N. The van der Waals surface area contributed by atoms with Gasteiger partial charge in [-0.3, -0.25) is 0 Å². The summed E-state index contributed by atoms with van der Waals surface area (Å²) in [7, 11) is 0. The number of nitrogens with zero attached hydrogens (tertiary/aromatic N) is 4. The van der Waals surface area contributed by atoms with Gasteiger partial charge in [-0.05, 0) is 12.5 Å². The Morgan fingerprint density at radius 2 is 2.05 bits per heavy atom. The first-order chi connectivity index (χ1) is 10.2. The molecule has 2 heterocycles. The Labute approximate surface area is 120 Å². The zero-order valence-corrected chi connectivity index (χ0v) is 11.4. The van der Waals surface area contributed by atoms with Crippen LogP contribution in [0.4, 0.5) is 5.82 Å². The van der Waals surface area contributed by atoms with Crippen LogP contribution in [0.15, 0.2) is 36.5 Å². The Hall–Kier alpha value is -2.96. The molecule has 7 heteroatoms. The lowest BCUT2D eigenvalue weighted by Gasteiger charge is -2.05. The van der Waals surface area contributed by atoms with Crippen molar-refractivity contribution in [3.05, 3.63) is 42.2 Å². The zero-order chi connectivity index (χ0) is 14.8. The van der Waals surface area contributed by atoms with Crippen molar-refractivity contribution in [2.24, 2.45) is 0 Å². The van der Waals surface area contributed by atoms with Crippen molar-refractivity contribution in [2.75, 3.05) is 12.3 Å². The number of anilines is 1. The second kappa shape index (κ2) is 5.20. The van der Waals surface area contributed by atoms with E-state index < -0.39 is 5.97 Å². The molecule has 21 heavy (non-hydrogen) atoms. The van der Waals surface area contributed by atoms with Crippen LogP contribution in [0, 0.1) is 0 Å². The van der Waals surface area contributed by atoms with Crippen molar-refractivity contribution in [3.8, 4) is 11.1 Å². The molecule has 0 amide bonds. The maximum absolute atomic E-state index is 11.7. The van der Waals surface area contributed by atoms with Gasteiger partial charge in [0.25, 0.3) is 0 Å². The minimum absolute atomic E-state index is 0.0351. The van der Waals surface area contributed by atoms with E-state index in [0.717, 1.165) is 11.1 Å². The molecular weight excluding hydrogens is 270 g/mol. The Balaban J connectivity index is 2.13. The summed E-state index contributed by atoms with van der Waals surface area (Å²) in [4.78, 5) is 11.7. The van der Waals surface area contributed by atoms with E-state index in [-0.39, 0.29) is 18.1 Å². The molecule has 0 radical (unpaired) electrons. The third-order valence-electron chi connectivity index (χ3n) is 3.01. The first-order valence-corrected chi connectivity index (χ1v) is 6.44. The third kappa shape index (κ3) is 2.18. The molecule has 2 aromatic heterocycles. The molecule has 1 aromatic carbocycles. The number of esters is 1. The van der Waals surface area contributed by atoms with Gasteiger partial charge < -0.3 is 10.5 Å². The van der Waals surface area contributed by atoms with Gasteiger partial charge in [0.1, 0.15) is 0 Å². The van der Waals surface area contributed by atoms with E-state index in [1.165, 1.54) is 4.52 Å². The molecule has 0 fully saturated rings. The average Bonchev–Trinajstić information content (AvgIpc) is 2.93. The van der Waals surface area contributed by atoms with Crippen LogP contribution < -0.4 is 5.73 Å². The normalized spacial score (nSPS) is 10.7. The molecule has 0 atom stereocenters. The highest BCUT2D eigenvalue weighted by molar-refractivity contribution is 5.92. The van der Waals surface area contributed by atoms with Gasteiger partial charge in [-0.25, -0.2) is 4.79 Å². The summed E-state index contributed by atoms with van der Waals surface area (Å²) in [5, 5.41) is 12.1. The summed E-state index contributed by atoms with van der Waals surface area (Å²) in [6.07, 6.45) is 1.64. The summed E-state index contributed by atoms with van der Waals surface area (Å²) >= 11 is 0. The van der Waals surface area contributed by atoms with Crippen LogP contribution in [0.25, 0.3) is 16.8 Å². The quantitative estimate of drug-likeness (QED) is 0.733. The molecule has 0 aliphatic rings. The maximum atomic E-state index is 11.7. The summed E-state index contributed by atoms with van der Waals surface area (Å²) in [6, 6.07) is 9.64. The number of benzene rings is 1. The van der Waals surface area contributed by atoms with Crippen molar-refractivity contribution in [2.45, 2.75) is 6.92 Å². The second-order valence-electron chi connectivity index (χ2n) is 4.31. The monoisotopic (exact) mass is 283 g/mol. The van der Waals surface area contributed by atoms with E-state index in [4.69, 9.17) is 10.5 Å². The molecule has 0 unspecified atom stereocenters. The zero-order valence-electron chi connectivity index (χ0n) is 11.4. The van der Waals surface area contributed by atoms with Gasteiger partial charge in [-0.1, -0.05) is 30.3 Å². The predicted molar refractivity (Wildman–Crippen MR) is 76.6 cm³/mol.